The minimum absolute atomic E-state index is 0.0778. The minimum Gasteiger partial charge on any atom is -0.372 e. The van der Waals surface area contributed by atoms with Gasteiger partial charge in [-0.05, 0) is 93.1 Å². The molecule has 0 aliphatic carbocycles. The fourth-order valence-electron chi connectivity index (χ4n) is 4.06. The van der Waals surface area contributed by atoms with E-state index in [9.17, 15) is 0 Å². The molecule has 0 aliphatic heterocycles. The summed E-state index contributed by atoms with van der Waals surface area (Å²) in [4.78, 5) is 11.2. The highest BCUT2D eigenvalue weighted by Gasteiger charge is 2.10. The van der Waals surface area contributed by atoms with E-state index in [1.807, 2.05) is 38.1 Å². The number of aryl methyl sites for hydroxylation is 2. The van der Waals surface area contributed by atoms with Crippen molar-refractivity contribution >= 4 is 23.5 Å². The molecule has 2 rings (SSSR count). The highest BCUT2D eigenvalue weighted by Crippen LogP contribution is 2.24. The maximum atomic E-state index is 9.01. The van der Waals surface area contributed by atoms with E-state index in [1.165, 1.54) is 0 Å². The van der Waals surface area contributed by atoms with Crippen LogP contribution in [0.4, 0.5) is 11.4 Å². The summed E-state index contributed by atoms with van der Waals surface area (Å²) in [5, 5.41) is 18.0. The second-order valence-electron chi connectivity index (χ2n) is 8.46. The highest BCUT2D eigenvalue weighted by atomic mass is 15.1. The quantitative estimate of drug-likeness (QED) is 0.199. The standard InChI is InChI=1S/C30H32N6/c1-7-35(28-13-11-26(23(3)17-28)19-25(21-31)22-32)15-9-10-16-36(8-2)29-14-12-27(24(4)18-29)20-30(33-5)34-6/h11-14,17-20H,7-10,15-16H2,1-4H3. The van der Waals surface area contributed by atoms with E-state index in [4.69, 9.17) is 23.7 Å². The molecule has 0 heterocycles. The molecule has 0 fully saturated rings. The summed E-state index contributed by atoms with van der Waals surface area (Å²) in [5.74, 6) is 0.0778. The number of allylic oxidation sites excluding steroid dienone is 1. The van der Waals surface area contributed by atoms with Crippen molar-refractivity contribution in [3.63, 3.8) is 0 Å². The van der Waals surface area contributed by atoms with Crippen molar-refractivity contribution in [3.8, 4) is 12.1 Å². The minimum atomic E-state index is 0.0778. The fraction of sp³-hybridized carbons (Fsp3) is 0.333. The number of benzene rings is 2. The molecule has 0 spiro atoms. The van der Waals surface area contributed by atoms with Crippen LogP contribution in [0.2, 0.25) is 0 Å². The van der Waals surface area contributed by atoms with Gasteiger partial charge in [-0.15, -0.1) is 0 Å². The van der Waals surface area contributed by atoms with Gasteiger partial charge in [-0.2, -0.15) is 20.2 Å². The zero-order chi connectivity index (χ0) is 26.5. The van der Waals surface area contributed by atoms with Crippen LogP contribution in [-0.2, 0) is 0 Å². The van der Waals surface area contributed by atoms with Gasteiger partial charge in [0, 0.05) is 43.6 Å². The third-order valence-corrected chi connectivity index (χ3v) is 6.16. The van der Waals surface area contributed by atoms with E-state index >= 15 is 0 Å². The maximum absolute atomic E-state index is 9.01. The average molecular weight is 477 g/mol. The lowest BCUT2D eigenvalue weighted by atomic mass is 10.0. The first-order chi connectivity index (χ1) is 17.4. The van der Waals surface area contributed by atoms with Crippen molar-refractivity contribution in [3.05, 3.63) is 92.9 Å². The molecule has 0 saturated heterocycles. The molecule has 6 nitrogen and oxygen atoms in total. The van der Waals surface area contributed by atoms with Gasteiger partial charge >= 0.3 is 5.82 Å². The van der Waals surface area contributed by atoms with Crippen molar-refractivity contribution < 1.29 is 0 Å². The third-order valence-electron chi connectivity index (χ3n) is 6.16. The van der Waals surface area contributed by atoms with Crippen LogP contribution in [0.3, 0.4) is 0 Å². The lowest BCUT2D eigenvalue weighted by molar-refractivity contribution is 0.673. The molecule has 0 bridgehead atoms. The van der Waals surface area contributed by atoms with Crippen molar-refractivity contribution in [1.29, 1.82) is 10.5 Å². The van der Waals surface area contributed by atoms with Crippen molar-refractivity contribution in [2.24, 2.45) is 0 Å². The molecule has 0 N–H and O–H groups in total. The molecular weight excluding hydrogens is 444 g/mol. The van der Waals surface area contributed by atoms with Crippen LogP contribution in [0.15, 0.2) is 47.8 Å². The highest BCUT2D eigenvalue weighted by molar-refractivity contribution is 5.67. The number of anilines is 2. The fourth-order valence-corrected chi connectivity index (χ4v) is 4.06. The van der Waals surface area contributed by atoms with E-state index < -0.39 is 0 Å². The molecule has 36 heavy (non-hydrogen) atoms. The van der Waals surface area contributed by atoms with E-state index in [2.05, 4.69) is 57.6 Å². The zero-order valence-corrected chi connectivity index (χ0v) is 21.5. The Bertz CT molecular complexity index is 1160. The molecule has 0 aromatic heterocycles. The van der Waals surface area contributed by atoms with Crippen LogP contribution in [0.5, 0.6) is 0 Å². The number of nitriles is 2. The normalized spacial score (nSPS) is 9.67. The lowest BCUT2D eigenvalue weighted by Gasteiger charge is -2.26. The summed E-state index contributed by atoms with van der Waals surface area (Å²) < 4.78 is 0. The Labute approximate surface area is 215 Å². The molecule has 0 aliphatic rings. The van der Waals surface area contributed by atoms with Gasteiger partial charge in [0.2, 0.25) is 0 Å². The first-order valence-electron chi connectivity index (χ1n) is 12.1. The van der Waals surface area contributed by atoms with Gasteiger partial charge in [0.1, 0.15) is 30.9 Å². The molecule has 182 valence electrons. The van der Waals surface area contributed by atoms with Gasteiger partial charge in [0.15, 0.2) is 0 Å². The van der Waals surface area contributed by atoms with E-state index in [-0.39, 0.29) is 11.4 Å². The Hall–Kier alpha value is -4.52. The summed E-state index contributed by atoms with van der Waals surface area (Å²) >= 11 is 0. The Morgan fingerprint density at radius 3 is 1.61 bits per heavy atom. The average Bonchev–Trinajstić information content (AvgIpc) is 2.89. The maximum Gasteiger partial charge on any atom is 0.519 e. The Morgan fingerprint density at radius 2 is 1.25 bits per heavy atom. The second-order valence-corrected chi connectivity index (χ2v) is 8.46. The molecular formula is C30H32N6. The Morgan fingerprint density at radius 1 is 0.806 bits per heavy atom. The number of rotatable bonds is 11. The molecule has 0 radical (unpaired) electrons. The second kappa shape index (κ2) is 14.0. The first-order valence-corrected chi connectivity index (χ1v) is 12.1. The van der Waals surface area contributed by atoms with Crippen molar-refractivity contribution in [1.82, 2.24) is 0 Å². The Balaban J connectivity index is 2.01. The lowest BCUT2D eigenvalue weighted by Crippen LogP contribution is -2.27. The number of nitrogens with zero attached hydrogens (tertiary/aromatic N) is 6. The van der Waals surface area contributed by atoms with Crippen molar-refractivity contribution in [2.45, 2.75) is 40.5 Å². The van der Waals surface area contributed by atoms with Crippen LogP contribution >= 0.6 is 0 Å². The molecule has 6 heteroatoms. The number of hydrogen-bond donors (Lipinski definition) is 0. The SMILES string of the molecule is [C-]#[N+]C(=Cc1ccc(N(CC)CCCCN(CC)c2ccc(C=C(C#N)C#N)c(C)c2)cc1C)[N+]#[C-]. The number of unbranched alkanes of at least 4 members (excludes halogenated alkanes) is 1. The largest absolute Gasteiger partial charge is 0.519 e. The summed E-state index contributed by atoms with van der Waals surface area (Å²) in [6.45, 7) is 26.2. The molecule has 0 atom stereocenters. The van der Waals surface area contributed by atoms with Crippen LogP contribution in [0.1, 0.15) is 48.9 Å². The monoisotopic (exact) mass is 476 g/mol. The van der Waals surface area contributed by atoms with Gasteiger partial charge in [0.05, 0.1) is 0 Å². The van der Waals surface area contributed by atoms with E-state index in [1.54, 1.807) is 12.2 Å². The first kappa shape index (κ1) is 27.7. The molecule has 2 aromatic rings. The predicted molar refractivity (Wildman–Crippen MR) is 148 cm³/mol. The van der Waals surface area contributed by atoms with Crippen LogP contribution in [0.25, 0.3) is 21.8 Å². The summed E-state index contributed by atoms with van der Waals surface area (Å²) in [5.41, 5.74) is 6.30. The van der Waals surface area contributed by atoms with Gasteiger partial charge in [-0.25, -0.2) is 0 Å². The van der Waals surface area contributed by atoms with Crippen LogP contribution in [-0.4, -0.2) is 26.2 Å². The van der Waals surface area contributed by atoms with E-state index in [0.29, 0.717) is 0 Å². The van der Waals surface area contributed by atoms with Gasteiger partial charge in [-0.1, -0.05) is 12.1 Å². The van der Waals surface area contributed by atoms with E-state index in [0.717, 1.165) is 72.6 Å². The van der Waals surface area contributed by atoms with Gasteiger partial charge in [-0.3, -0.25) is 0 Å². The summed E-state index contributed by atoms with van der Waals surface area (Å²) in [6, 6.07) is 16.2. The summed E-state index contributed by atoms with van der Waals surface area (Å²) in [7, 11) is 0. The van der Waals surface area contributed by atoms with Gasteiger partial charge < -0.3 is 9.80 Å². The molecule has 2 aromatic carbocycles. The number of hydrogen-bond acceptors (Lipinski definition) is 4. The van der Waals surface area contributed by atoms with Crippen LogP contribution < -0.4 is 9.80 Å². The Kier molecular flexibility index (Phi) is 10.8. The van der Waals surface area contributed by atoms with Crippen LogP contribution in [0, 0.1) is 49.7 Å². The molecule has 0 amide bonds. The van der Waals surface area contributed by atoms with Gasteiger partial charge in [0.25, 0.3) is 0 Å². The third kappa shape index (κ3) is 7.50. The molecule has 0 saturated carbocycles. The topological polar surface area (TPSA) is 62.8 Å². The molecule has 0 unspecified atom stereocenters. The zero-order valence-electron chi connectivity index (χ0n) is 21.5. The predicted octanol–water partition coefficient (Wildman–Crippen LogP) is 7.00. The van der Waals surface area contributed by atoms with Crippen molar-refractivity contribution in [2.75, 3.05) is 36.0 Å². The summed E-state index contributed by atoms with van der Waals surface area (Å²) in [6.07, 6.45) is 5.38. The smallest absolute Gasteiger partial charge is 0.372 e.